The number of anilines is 2. The predicted octanol–water partition coefficient (Wildman–Crippen LogP) is 5.82. The Morgan fingerprint density at radius 2 is 1.58 bits per heavy atom. The van der Waals surface area contributed by atoms with E-state index < -0.39 is 83.9 Å². The first-order valence-corrected chi connectivity index (χ1v) is 17.2. The normalized spacial score (nSPS) is 21.1. The van der Waals surface area contributed by atoms with Crippen molar-refractivity contribution in [3.63, 3.8) is 0 Å². The number of aromatic nitrogens is 3. The Morgan fingerprint density at radius 1 is 1.00 bits per heavy atom. The monoisotopic (exact) mass is 717 g/mol. The number of rotatable bonds is 8. The van der Waals surface area contributed by atoms with Gasteiger partial charge in [-0.3, -0.25) is 14.2 Å². The van der Waals surface area contributed by atoms with E-state index in [1.165, 1.54) is 12.3 Å². The summed E-state index contributed by atoms with van der Waals surface area (Å²) in [5.41, 5.74) is -4.13. The molecule has 0 aromatic carbocycles. The van der Waals surface area contributed by atoms with Crippen LogP contribution in [0.1, 0.15) is 67.7 Å². The molecule has 2 aromatic heterocycles. The highest BCUT2D eigenvalue weighted by Gasteiger charge is 2.50. The van der Waals surface area contributed by atoms with Gasteiger partial charge < -0.3 is 23.8 Å². The van der Waals surface area contributed by atoms with Crippen molar-refractivity contribution in [1.29, 1.82) is 0 Å². The number of thioether (sulfide) groups is 1. The highest BCUT2D eigenvalue weighted by atomic mass is 32.2. The first kappa shape index (κ1) is 38.7. The van der Waals surface area contributed by atoms with E-state index in [1.54, 1.807) is 74.4 Å². The van der Waals surface area contributed by atoms with E-state index >= 15 is 4.39 Å². The SMILES string of the molecule is CC(C)(C)OC(=O)O[C@H]1[C@H](F)[C@H](n2ccc(N(C(=O)OC(C)(C)C)C(=O)OC(C)(C)C)nc2=O)S[C@@H]1COP(=O)(O)Nc1ccccn1. The summed E-state index contributed by atoms with van der Waals surface area (Å²) in [5.74, 6) is -0.420. The van der Waals surface area contributed by atoms with Crippen LogP contribution in [0.25, 0.3) is 0 Å². The van der Waals surface area contributed by atoms with Gasteiger partial charge in [0.25, 0.3) is 0 Å². The van der Waals surface area contributed by atoms with Gasteiger partial charge in [-0.05, 0) is 80.5 Å². The molecule has 1 saturated heterocycles. The second kappa shape index (κ2) is 14.8. The van der Waals surface area contributed by atoms with Gasteiger partial charge in [0.1, 0.15) is 28.0 Å². The highest BCUT2D eigenvalue weighted by molar-refractivity contribution is 8.00. The maximum absolute atomic E-state index is 16.1. The molecular weight excluding hydrogens is 676 g/mol. The van der Waals surface area contributed by atoms with Gasteiger partial charge in [-0.25, -0.2) is 33.1 Å². The third-order valence-electron chi connectivity index (χ3n) is 5.69. The molecule has 3 rings (SSSR count). The lowest BCUT2D eigenvalue weighted by Gasteiger charge is -2.28. The summed E-state index contributed by atoms with van der Waals surface area (Å²) in [5, 5.41) is -0.282. The zero-order valence-electron chi connectivity index (χ0n) is 28.0. The van der Waals surface area contributed by atoms with Crippen molar-refractivity contribution in [2.45, 2.75) is 102 Å². The summed E-state index contributed by atoms with van der Waals surface area (Å²) in [4.78, 5) is 70.4. The third kappa shape index (κ3) is 11.5. The number of pyridine rings is 1. The Morgan fingerprint density at radius 3 is 2.08 bits per heavy atom. The summed E-state index contributed by atoms with van der Waals surface area (Å²) >= 11 is 0.761. The van der Waals surface area contributed by atoms with E-state index in [0.717, 1.165) is 28.6 Å². The lowest BCUT2D eigenvalue weighted by molar-refractivity contribution is -0.0455. The van der Waals surface area contributed by atoms with E-state index in [9.17, 15) is 28.6 Å². The number of imide groups is 1. The molecule has 2 amide bonds. The van der Waals surface area contributed by atoms with E-state index in [2.05, 4.69) is 15.1 Å². The average Bonchev–Trinajstić information content (AvgIpc) is 3.19. The van der Waals surface area contributed by atoms with Crippen LogP contribution in [0.15, 0.2) is 41.5 Å². The van der Waals surface area contributed by atoms with Gasteiger partial charge in [-0.15, -0.1) is 11.8 Å². The lowest BCUT2D eigenvalue weighted by atomic mass is 10.1. The van der Waals surface area contributed by atoms with Crippen molar-refractivity contribution < 1.29 is 51.7 Å². The van der Waals surface area contributed by atoms with Crippen molar-refractivity contribution in [2.24, 2.45) is 0 Å². The minimum Gasteiger partial charge on any atom is -0.443 e. The number of hydrogen-bond acceptors (Lipinski definition) is 13. The second-order valence-electron chi connectivity index (χ2n) is 13.5. The molecule has 0 aliphatic carbocycles. The number of hydrogen-bond donors (Lipinski definition) is 2. The summed E-state index contributed by atoms with van der Waals surface area (Å²) in [7, 11) is -4.54. The number of ether oxygens (including phenoxy) is 4. The van der Waals surface area contributed by atoms with E-state index in [-0.39, 0.29) is 5.82 Å². The first-order valence-electron chi connectivity index (χ1n) is 14.7. The number of nitrogens with zero attached hydrogens (tertiary/aromatic N) is 4. The number of alkyl halides is 1. The summed E-state index contributed by atoms with van der Waals surface area (Å²) < 4.78 is 56.0. The summed E-state index contributed by atoms with van der Waals surface area (Å²) in [6, 6.07) is 5.70. The van der Waals surface area contributed by atoms with Crippen LogP contribution in [-0.2, 0) is 28.0 Å². The molecular formula is C29H41FN5O11PS. The maximum atomic E-state index is 16.1. The minimum atomic E-state index is -4.54. The van der Waals surface area contributed by atoms with Gasteiger partial charge >= 0.3 is 31.8 Å². The Balaban J connectivity index is 1.92. The van der Waals surface area contributed by atoms with Crippen LogP contribution in [0.5, 0.6) is 0 Å². The molecule has 2 N–H and O–H groups in total. The minimum absolute atomic E-state index is 0.0368. The Bertz CT molecular complexity index is 1550. The summed E-state index contributed by atoms with van der Waals surface area (Å²) in [6.45, 7) is 13.5. The van der Waals surface area contributed by atoms with Crippen molar-refractivity contribution in [3.05, 3.63) is 47.1 Å². The van der Waals surface area contributed by atoms with Crippen LogP contribution >= 0.6 is 19.5 Å². The van der Waals surface area contributed by atoms with Gasteiger partial charge in [-0.1, -0.05) is 6.07 Å². The quantitative estimate of drug-likeness (QED) is 0.188. The molecule has 1 fully saturated rings. The number of amides is 2. The predicted molar refractivity (Wildman–Crippen MR) is 173 cm³/mol. The Hall–Kier alpha value is -3.73. The van der Waals surface area contributed by atoms with Gasteiger partial charge in [0.2, 0.25) is 0 Å². The lowest BCUT2D eigenvalue weighted by Crippen LogP contribution is -2.45. The maximum Gasteiger partial charge on any atom is 0.509 e. The molecule has 3 heterocycles. The zero-order valence-corrected chi connectivity index (χ0v) is 29.7. The van der Waals surface area contributed by atoms with Crippen LogP contribution in [0, 0.1) is 0 Å². The molecule has 2 aromatic rings. The fourth-order valence-corrected chi connectivity index (χ4v) is 6.37. The number of carbonyl (C=O) groups excluding carboxylic acids is 3. The first-order chi connectivity index (χ1) is 21.9. The second-order valence-corrected chi connectivity index (χ2v) is 16.4. The topological polar surface area (TPSA) is 198 Å². The van der Waals surface area contributed by atoms with Crippen LogP contribution in [0.4, 0.5) is 30.4 Å². The highest BCUT2D eigenvalue weighted by Crippen LogP contribution is 2.48. The van der Waals surface area contributed by atoms with Crippen molar-refractivity contribution >= 4 is 49.5 Å². The molecule has 0 bridgehead atoms. The summed E-state index contributed by atoms with van der Waals surface area (Å²) in [6.07, 6.45) is -4.79. The number of carbonyl (C=O) groups is 3. The zero-order chi connectivity index (χ0) is 36.2. The Labute approximate surface area is 281 Å². The Kier molecular flexibility index (Phi) is 11.9. The van der Waals surface area contributed by atoms with Gasteiger partial charge in [0.05, 0.1) is 11.9 Å². The van der Waals surface area contributed by atoms with Crippen molar-refractivity contribution in [3.8, 4) is 0 Å². The van der Waals surface area contributed by atoms with Crippen LogP contribution < -0.4 is 15.7 Å². The van der Waals surface area contributed by atoms with E-state index in [1.807, 2.05) is 0 Å². The standard InChI is InChI=1S/C29H41FN5O11PS/c1-27(2,3)44-24(37)35(25(38)45-28(4,5)6)19-13-15-34(23(36)32-19)22-20(30)21(43-26(39)46-29(7,8)9)17(48-22)16-42-47(40,41)33-18-12-10-11-14-31-18/h10-15,17,20-22H,16H2,1-9H3,(H2,31,33,40,41)/t17-,20+,21-,22-/m1/s1. The van der Waals surface area contributed by atoms with Crippen LogP contribution in [-0.4, -0.2) is 78.7 Å². The van der Waals surface area contributed by atoms with Crippen LogP contribution in [0.2, 0.25) is 0 Å². The molecule has 1 unspecified atom stereocenters. The molecule has 1 aliphatic heterocycles. The largest absolute Gasteiger partial charge is 0.509 e. The molecule has 1 aliphatic rings. The molecule has 266 valence electrons. The van der Waals surface area contributed by atoms with Crippen molar-refractivity contribution in [2.75, 3.05) is 16.6 Å². The number of halogens is 1. The third-order valence-corrected chi connectivity index (χ3v) is 8.22. The average molecular weight is 718 g/mol. The van der Waals surface area contributed by atoms with E-state index in [4.69, 9.17) is 23.5 Å². The van der Waals surface area contributed by atoms with Gasteiger partial charge in [-0.2, -0.15) is 9.88 Å². The fourth-order valence-electron chi connectivity index (χ4n) is 3.96. The molecule has 0 radical (unpaired) electrons. The van der Waals surface area contributed by atoms with E-state index in [0.29, 0.717) is 4.90 Å². The van der Waals surface area contributed by atoms with Gasteiger partial charge in [0, 0.05) is 12.4 Å². The van der Waals surface area contributed by atoms with Gasteiger partial charge in [0.15, 0.2) is 18.1 Å². The molecule has 0 spiro atoms. The number of nitrogens with one attached hydrogen (secondary N) is 1. The molecule has 5 atom stereocenters. The smallest absolute Gasteiger partial charge is 0.443 e. The fraction of sp³-hybridized carbons (Fsp3) is 0.586. The molecule has 48 heavy (non-hydrogen) atoms. The molecule has 16 nitrogen and oxygen atoms in total. The van der Waals surface area contributed by atoms with Crippen molar-refractivity contribution in [1.82, 2.24) is 14.5 Å². The molecule has 0 saturated carbocycles. The van der Waals surface area contributed by atoms with Crippen LogP contribution in [0.3, 0.4) is 0 Å². The molecule has 19 heteroatoms.